The average molecular weight is 300 g/mol. The molecule has 0 fully saturated rings. The lowest BCUT2D eigenvalue weighted by molar-refractivity contribution is 0.0735. The molecule has 1 aromatic carbocycles. The quantitative estimate of drug-likeness (QED) is 0.765. The number of nitrogens with zero attached hydrogens (tertiary/aromatic N) is 1. The molecule has 0 radical (unpaired) electrons. The van der Waals surface area contributed by atoms with Gasteiger partial charge in [0.15, 0.2) is 0 Å². The summed E-state index contributed by atoms with van der Waals surface area (Å²) >= 11 is 10.4. The predicted molar refractivity (Wildman–Crippen MR) is 84.4 cm³/mol. The van der Waals surface area contributed by atoms with Crippen LogP contribution in [0.5, 0.6) is 0 Å². The molecule has 19 heavy (non-hydrogen) atoms. The molecule has 106 valence electrons. The van der Waals surface area contributed by atoms with Gasteiger partial charge in [-0.15, -0.1) is 12.6 Å². The van der Waals surface area contributed by atoms with Gasteiger partial charge in [0.1, 0.15) is 0 Å². The van der Waals surface area contributed by atoms with Crippen molar-refractivity contribution < 1.29 is 4.79 Å². The molecular weight excluding hydrogens is 278 g/mol. The molecule has 0 atom stereocenters. The van der Waals surface area contributed by atoms with E-state index in [1.54, 1.807) is 18.2 Å². The maximum Gasteiger partial charge on any atom is 0.255 e. The first kappa shape index (κ1) is 16.4. The van der Waals surface area contributed by atoms with Crippen molar-refractivity contribution in [3.05, 3.63) is 28.8 Å². The van der Waals surface area contributed by atoms with E-state index in [1.807, 2.05) is 11.8 Å². The molecule has 4 heteroatoms. The van der Waals surface area contributed by atoms with Gasteiger partial charge in [-0.3, -0.25) is 4.79 Å². The van der Waals surface area contributed by atoms with Crippen LogP contribution in [0.4, 0.5) is 0 Å². The molecule has 1 rings (SSSR count). The minimum absolute atomic E-state index is 0.00435. The minimum Gasteiger partial charge on any atom is -0.339 e. The van der Waals surface area contributed by atoms with Crippen molar-refractivity contribution in [2.24, 2.45) is 5.92 Å². The Morgan fingerprint density at radius 2 is 1.95 bits per heavy atom. The highest BCUT2D eigenvalue weighted by Gasteiger charge is 2.19. The van der Waals surface area contributed by atoms with Gasteiger partial charge in [-0.2, -0.15) is 0 Å². The summed E-state index contributed by atoms with van der Waals surface area (Å²) in [7, 11) is 0. The van der Waals surface area contributed by atoms with Gasteiger partial charge >= 0.3 is 0 Å². The van der Waals surface area contributed by atoms with Gasteiger partial charge in [0.2, 0.25) is 0 Å². The number of benzene rings is 1. The molecule has 0 aliphatic carbocycles. The van der Waals surface area contributed by atoms with Gasteiger partial charge in [0, 0.05) is 18.0 Å². The highest BCUT2D eigenvalue weighted by molar-refractivity contribution is 7.80. The number of thiol groups is 1. The highest BCUT2D eigenvalue weighted by atomic mass is 35.5. The molecule has 0 aliphatic heterocycles. The van der Waals surface area contributed by atoms with Crippen LogP contribution in [-0.4, -0.2) is 23.9 Å². The molecule has 0 N–H and O–H groups in total. The molecule has 0 heterocycles. The molecule has 0 bridgehead atoms. The lowest BCUT2D eigenvalue weighted by Gasteiger charge is -2.26. The van der Waals surface area contributed by atoms with Crippen molar-refractivity contribution in [1.82, 2.24) is 4.90 Å². The fourth-order valence-electron chi connectivity index (χ4n) is 2.06. The van der Waals surface area contributed by atoms with Gasteiger partial charge in [-0.25, -0.2) is 0 Å². The van der Waals surface area contributed by atoms with Crippen molar-refractivity contribution >= 4 is 30.1 Å². The van der Waals surface area contributed by atoms with Crippen LogP contribution < -0.4 is 0 Å². The number of hydrogen-bond acceptors (Lipinski definition) is 2. The largest absolute Gasteiger partial charge is 0.339 e. The fraction of sp³-hybridized carbons (Fsp3) is 0.533. The Kier molecular flexibility index (Phi) is 6.73. The zero-order chi connectivity index (χ0) is 14.4. The van der Waals surface area contributed by atoms with Crippen molar-refractivity contribution in [2.75, 3.05) is 13.1 Å². The zero-order valence-corrected chi connectivity index (χ0v) is 13.5. The first-order valence-corrected chi connectivity index (χ1v) is 7.63. The maximum absolute atomic E-state index is 12.5. The summed E-state index contributed by atoms with van der Waals surface area (Å²) in [4.78, 5) is 15.1. The van der Waals surface area contributed by atoms with Gasteiger partial charge in [0.25, 0.3) is 5.91 Å². The lowest BCUT2D eigenvalue weighted by atomic mass is 10.0. The summed E-state index contributed by atoms with van der Waals surface area (Å²) in [6, 6.07) is 5.25. The standard InChI is InChI=1S/C15H22ClNOS/c1-4-11(5-2)10-17(6-3)15(18)13-9-12(19)7-8-14(13)16/h7-9,11,19H,4-6,10H2,1-3H3. The zero-order valence-electron chi connectivity index (χ0n) is 11.8. The van der Waals surface area contributed by atoms with E-state index in [0.717, 1.165) is 24.3 Å². The van der Waals surface area contributed by atoms with E-state index < -0.39 is 0 Å². The van der Waals surface area contributed by atoms with Crippen LogP contribution in [0.25, 0.3) is 0 Å². The smallest absolute Gasteiger partial charge is 0.255 e. The van der Waals surface area contributed by atoms with Crippen LogP contribution in [0, 0.1) is 5.92 Å². The molecule has 0 unspecified atom stereocenters. The van der Waals surface area contributed by atoms with Crippen molar-refractivity contribution in [3.63, 3.8) is 0 Å². The molecule has 1 aromatic rings. The van der Waals surface area contributed by atoms with Gasteiger partial charge in [0.05, 0.1) is 10.6 Å². The van der Waals surface area contributed by atoms with E-state index in [0.29, 0.717) is 23.0 Å². The Morgan fingerprint density at radius 3 is 2.47 bits per heavy atom. The fourth-order valence-corrected chi connectivity index (χ4v) is 2.46. The second-order valence-electron chi connectivity index (χ2n) is 4.69. The molecule has 0 aliphatic rings. The Labute approximate surface area is 126 Å². The molecular formula is C15H22ClNOS. The van der Waals surface area contributed by atoms with Gasteiger partial charge < -0.3 is 4.90 Å². The normalized spacial score (nSPS) is 10.8. The van der Waals surface area contributed by atoms with Crippen molar-refractivity contribution in [2.45, 2.75) is 38.5 Å². The first-order valence-electron chi connectivity index (χ1n) is 6.81. The summed E-state index contributed by atoms with van der Waals surface area (Å²) < 4.78 is 0. The topological polar surface area (TPSA) is 20.3 Å². The second-order valence-corrected chi connectivity index (χ2v) is 5.61. The number of hydrogen-bond donors (Lipinski definition) is 1. The number of carbonyl (C=O) groups is 1. The third-order valence-electron chi connectivity index (χ3n) is 3.48. The Morgan fingerprint density at radius 1 is 1.32 bits per heavy atom. The summed E-state index contributed by atoms with van der Waals surface area (Å²) in [5.74, 6) is 0.539. The van der Waals surface area contributed by atoms with Crippen molar-refractivity contribution in [1.29, 1.82) is 0 Å². The Balaban J connectivity index is 2.92. The molecule has 2 nitrogen and oxygen atoms in total. The van der Waals surface area contributed by atoms with Gasteiger partial charge in [-0.05, 0) is 31.0 Å². The molecule has 0 saturated carbocycles. The number of rotatable bonds is 6. The predicted octanol–water partition coefficient (Wildman–Crippen LogP) is 4.53. The summed E-state index contributed by atoms with van der Waals surface area (Å²) in [5.41, 5.74) is 0.543. The Hall–Kier alpha value is -0.670. The van der Waals surface area contributed by atoms with Crippen LogP contribution >= 0.6 is 24.2 Å². The number of carbonyl (C=O) groups excluding carboxylic acids is 1. The van der Waals surface area contributed by atoms with Crippen LogP contribution in [0.2, 0.25) is 5.02 Å². The maximum atomic E-state index is 12.5. The lowest BCUT2D eigenvalue weighted by Crippen LogP contribution is -2.35. The van der Waals surface area contributed by atoms with E-state index >= 15 is 0 Å². The van der Waals surface area contributed by atoms with E-state index in [4.69, 9.17) is 11.6 Å². The van der Waals surface area contributed by atoms with E-state index in [2.05, 4.69) is 26.5 Å². The molecule has 0 spiro atoms. The minimum atomic E-state index is -0.00435. The van der Waals surface area contributed by atoms with Crippen LogP contribution in [0.3, 0.4) is 0 Å². The Bertz CT molecular complexity index is 432. The summed E-state index contributed by atoms with van der Waals surface area (Å²) in [6.07, 6.45) is 2.17. The van der Waals surface area contributed by atoms with E-state index in [9.17, 15) is 4.79 Å². The summed E-state index contributed by atoms with van der Waals surface area (Å²) in [6.45, 7) is 7.80. The molecule has 1 amide bonds. The molecule has 0 saturated heterocycles. The van der Waals surface area contributed by atoms with Crippen LogP contribution in [0.15, 0.2) is 23.1 Å². The first-order chi connectivity index (χ1) is 9.03. The van der Waals surface area contributed by atoms with Crippen molar-refractivity contribution in [3.8, 4) is 0 Å². The highest BCUT2D eigenvalue weighted by Crippen LogP contribution is 2.22. The third kappa shape index (κ3) is 4.43. The third-order valence-corrected chi connectivity index (χ3v) is 4.09. The molecule has 0 aromatic heterocycles. The second kappa shape index (κ2) is 7.81. The summed E-state index contributed by atoms with van der Waals surface area (Å²) in [5, 5.41) is 0.491. The van der Waals surface area contributed by atoms with Crippen LogP contribution in [-0.2, 0) is 0 Å². The van der Waals surface area contributed by atoms with E-state index in [-0.39, 0.29) is 5.91 Å². The average Bonchev–Trinajstić information content (AvgIpc) is 2.42. The SMILES string of the molecule is CCC(CC)CN(CC)C(=O)c1cc(S)ccc1Cl. The number of halogens is 1. The number of amides is 1. The van der Waals surface area contributed by atoms with Crippen LogP contribution in [0.1, 0.15) is 44.0 Å². The monoisotopic (exact) mass is 299 g/mol. The van der Waals surface area contributed by atoms with E-state index in [1.165, 1.54) is 0 Å². The van der Waals surface area contributed by atoms with Gasteiger partial charge in [-0.1, -0.05) is 38.3 Å².